The van der Waals surface area contributed by atoms with E-state index in [1.807, 2.05) is 0 Å². The zero-order valence-corrected chi connectivity index (χ0v) is 7.62. The molecule has 3 N–H and O–H groups in total. The van der Waals surface area contributed by atoms with Crippen LogP contribution in [-0.2, 0) is 6.18 Å². The highest BCUT2D eigenvalue weighted by Crippen LogP contribution is 2.30. The van der Waals surface area contributed by atoms with Crippen LogP contribution in [0, 0.1) is 5.41 Å². The van der Waals surface area contributed by atoms with Gasteiger partial charge in [-0.1, -0.05) is 0 Å². The number of nitrogens with one attached hydrogen (secondary N) is 1. The van der Waals surface area contributed by atoms with E-state index in [0.29, 0.717) is 6.20 Å². The fraction of sp³-hybridized carbons (Fsp3) is 0.143. The van der Waals surface area contributed by atoms with Crippen LogP contribution in [0.1, 0.15) is 11.1 Å². The van der Waals surface area contributed by atoms with Gasteiger partial charge in [-0.3, -0.25) is 10.4 Å². The Kier molecular flexibility index (Phi) is 3.88. The lowest BCUT2D eigenvalue weighted by Crippen LogP contribution is -2.18. The Labute approximate surface area is 84.1 Å². The normalized spacial score (nSPS) is 10.5. The standard InChI is InChI=1S/C7H6F3N3.ClH/c8-7(9,10)5-3-13-2-1-4(5)6(11)12;/h1-3H,(H3,11,12);1H. The number of aromatic nitrogens is 1. The lowest BCUT2D eigenvalue weighted by molar-refractivity contribution is -0.137. The fourth-order valence-electron chi connectivity index (χ4n) is 0.855. The molecule has 0 saturated carbocycles. The van der Waals surface area contributed by atoms with Crippen molar-refractivity contribution in [3.05, 3.63) is 29.6 Å². The van der Waals surface area contributed by atoms with Gasteiger partial charge < -0.3 is 5.73 Å². The number of pyridine rings is 1. The van der Waals surface area contributed by atoms with Crippen LogP contribution in [0.2, 0.25) is 0 Å². The predicted octanol–water partition coefficient (Wildman–Crippen LogP) is 1.81. The van der Waals surface area contributed by atoms with E-state index in [1.54, 1.807) is 0 Å². The maximum absolute atomic E-state index is 12.2. The predicted molar refractivity (Wildman–Crippen MR) is 47.5 cm³/mol. The first kappa shape index (κ1) is 12.7. The average molecular weight is 226 g/mol. The Balaban J connectivity index is 0.00000169. The van der Waals surface area contributed by atoms with Gasteiger partial charge in [-0.25, -0.2) is 0 Å². The second-order valence-corrected chi connectivity index (χ2v) is 2.33. The van der Waals surface area contributed by atoms with Crippen molar-refractivity contribution in [1.82, 2.24) is 4.98 Å². The summed E-state index contributed by atoms with van der Waals surface area (Å²) < 4.78 is 36.6. The highest BCUT2D eigenvalue weighted by Gasteiger charge is 2.34. The third kappa shape index (κ3) is 2.59. The van der Waals surface area contributed by atoms with Gasteiger partial charge in [-0.2, -0.15) is 13.2 Å². The van der Waals surface area contributed by atoms with Gasteiger partial charge in [-0.15, -0.1) is 12.4 Å². The molecule has 0 unspecified atom stereocenters. The topological polar surface area (TPSA) is 62.8 Å². The van der Waals surface area contributed by atoms with Crippen LogP contribution < -0.4 is 5.73 Å². The van der Waals surface area contributed by atoms with Gasteiger partial charge in [0.1, 0.15) is 5.84 Å². The average Bonchev–Trinajstić information content (AvgIpc) is 2.03. The Morgan fingerprint density at radius 3 is 2.36 bits per heavy atom. The number of alkyl halides is 3. The number of nitrogens with two attached hydrogens (primary N) is 1. The number of rotatable bonds is 1. The molecular formula is C7H7ClF3N3. The minimum atomic E-state index is -4.52. The van der Waals surface area contributed by atoms with E-state index in [9.17, 15) is 13.2 Å². The van der Waals surface area contributed by atoms with Crippen LogP contribution in [0.3, 0.4) is 0 Å². The molecule has 0 amide bonds. The maximum Gasteiger partial charge on any atom is 0.418 e. The summed E-state index contributed by atoms with van der Waals surface area (Å²) in [5.74, 6) is -0.616. The van der Waals surface area contributed by atoms with Gasteiger partial charge in [0.2, 0.25) is 0 Å². The van der Waals surface area contributed by atoms with Crippen LogP contribution in [0.15, 0.2) is 18.5 Å². The molecule has 1 rings (SSSR count). The minimum Gasteiger partial charge on any atom is -0.384 e. The van der Waals surface area contributed by atoms with Crippen molar-refractivity contribution >= 4 is 18.2 Å². The highest BCUT2D eigenvalue weighted by atomic mass is 35.5. The second-order valence-electron chi connectivity index (χ2n) is 2.33. The maximum atomic E-state index is 12.2. The Morgan fingerprint density at radius 1 is 1.43 bits per heavy atom. The van der Waals surface area contributed by atoms with E-state index in [0.717, 1.165) is 12.3 Å². The summed E-state index contributed by atoms with van der Waals surface area (Å²) in [6, 6.07) is 1.06. The van der Waals surface area contributed by atoms with Gasteiger partial charge in [0, 0.05) is 18.0 Å². The molecule has 7 heteroatoms. The molecule has 0 aliphatic heterocycles. The number of nitrogen functional groups attached to an aromatic ring is 1. The van der Waals surface area contributed by atoms with Crippen LogP contribution in [-0.4, -0.2) is 10.8 Å². The fourth-order valence-corrected chi connectivity index (χ4v) is 0.855. The van der Waals surface area contributed by atoms with E-state index >= 15 is 0 Å². The first-order chi connectivity index (χ1) is 5.93. The van der Waals surface area contributed by atoms with Crippen LogP contribution in [0.5, 0.6) is 0 Å². The number of halogens is 4. The van der Waals surface area contributed by atoms with E-state index in [-0.39, 0.29) is 18.0 Å². The number of hydrogen-bond donors (Lipinski definition) is 2. The zero-order chi connectivity index (χ0) is 10.1. The molecule has 0 spiro atoms. The van der Waals surface area contributed by atoms with Crippen molar-refractivity contribution in [2.75, 3.05) is 0 Å². The summed E-state index contributed by atoms with van der Waals surface area (Å²) in [6.45, 7) is 0. The monoisotopic (exact) mass is 225 g/mol. The molecule has 0 saturated heterocycles. The van der Waals surface area contributed by atoms with Crippen LogP contribution in [0.4, 0.5) is 13.2 Å². The van der Waals surface area contributed by atoms with Crippen molar-refractivity contribution in [2.45, 2.75) is 6.18 Å². The molecule has 0 radical (unpaired) electrons. The lowest BCUT2D eigenvalue weighted by atomic mass is 10.1. The molecule has 1 aromatic heterocycles. The van der Waals surface area contributed by atoms with E-state index in [1.165, 1.54) is 0 Å². The molecule has 0 bridgehead atoms. The van der Waals surface area contributed by atoms with Gasteiger partial charge in [0.25, 0.3) is 0 Å². The molecule has 3 nitrogen and oxygen atoms in total. The van der Waals surface area contributed by atoms with Crippen molar-refractivity contribution in [3.63, 3.8) is 0 Å². The first-order valence-corrected chi connectivity index (χ1v) is 3.28. The molecule has 78 valence electrons. The summed E-state index contributed by atoms with van der Waals surface area (Å²) in [5.41, 5.74) is 3.64. The summed E-state index contributed by atoms with van der Waals surface area (Å²) in [5, 5.41) is 6.91. The van der Waals surface area contributed by atoms with E-state index in [2.05, 4.69) is 4.98 Å². The van der Waals surface area contributed by atoms with Crippen LogP contribution >= 0.6 is 12.4 Å². The third-order valence-electron chi connectivity index (χ3n) is 1.42. The van der Waals surface area contributed by atoms with Gasteiger partial charge in [0.05, 0.1) is 5.56 Å². The Bertz CT molecular complexity index is 337. The molecule has 0 fully saturated rings. The summed E-state index contributed by atoms with van der Waals surface area (Å²) in [7, 11) is 0. The minimum absolute atomic E-state index is 0. The quantitative estimate of drug-likeness (QED) is 0.566. The van der Waals surface area contributed by atoms with E-state index < -0.39 is 17.6 Å². The Hall–Kier alpha value is -1.30. The smallest absolute Gasteiger partial charge is 0.384 e. The molecule has 1 aromatic rings. The van der Waals surface area contributed by atoms with E-state index in [4.69, 9.17) is 11.1 Å². The molecule has 14 heavy (non-hydrogen) atoms. The number of amidine groups is 1. The number of hydrogen-bond acceptors (Lipinski definition) is 2. The molecule has 0 aliphatic carbocycles. The highest BCUT2D eigenvalue weighted by molar-refractivity contribution is 5.96. The molecular weight excluding hydrogens is 219 g/mol. The van der Waals surface area contributed by atoms with Gasteiger partial charge >= 0.3 is 6.18 Å². The Morgan fingerprint density at radius 2 is 2.00 bits per heavy atom. The van der Waals surface area contributed by atoms with Crippen molar-refractivity contribution in [2.24, 2.45) is 5.73 Å². The molecule has 1 heterocycles. The van der Waals surface area contributed by atoms with Gasteiger partial charge in [-0.05, 0) is 6.07 Å². The molecule has 0 atom stereocenters. The van der Waals surface area contributed by atoms with Crippen molar-refractivity contribution in [3.8, 4) is 0 Å². The summed E-state index contributed by atoms with van der Waals surface area (Å²) in [6.07, 6.45) is -2.71. The lowest BCUT2D eigenvalue weighted by Gasteiger charge is -2.09. The third-order valence-corrected chi connectivity index (χ3v) is 1.42. The molecule has 0 aliphatic rings. The SMILES string of the molecule is Cl.N=C(N)c1ccncc1C(F)(F)F. The molecule has 0 aromatic carbocycles. The second kappa shape index (κ2) is 4.28. The zero-order valence-electron chi connectivity index (χ0n) is 6.80. The summed E-state index contributed by atoms with van der Waals surface area (Å²) >= 11 is 0. The largest absolute Gasteiger partial charge is 0.418 e. The van der Waals surface area contributed by atoms with Crippen molar-refractivity contribution in [1.29, 1.82) is 5.41 Å². The van der Waals surface area contributed by atoms with Gasteiger partial charge in [0.15, 0.2) is 0 Å². The summed E-state index contributed by atoms with van der Waals surface area (Å²) in [4.78, 5) is 3.32. The number of nitrogens with zero attached hydrogens (tertiary/aromatic N) is 1. The van der Waals surface area contributed by atoms with Crippen molar-refractivity contribution < 1.29 is 13.2 Å². The first-order valence-electron chi connectivity index (χ1n) is 3.28. The van der Waals surface area contributed by atoms with Crippen LogP contribution in [0.25, 0.3) is 0 Å².